The van der Waals surface area contributed by atoms with Gasteiger partial charge in [0.15, 0.2) is 0 Å². The van der Waals surface area contributed by atoms with Crippen LogP contribution < -0.4 is 5.32 Å². The zero-order valence-corrected chi connectivity index (χ0v) is 7.75. The van der Waals surface area contributed by atoms with E-state index in [0.29, 0.717) is 12.6 Å². The Bertz CT molecular complexity index is 246. The summed E-state index contributed by atoms with van der Waals surface area (Å²) in [5, 5.41) is 2.58. The molecule has 1 saturated carbocycles. The number of amides is 2. The first-order valence-electron chi connectivity index (χ1n) is 4.80. The van der Waals surface area contributed by atoms with Gasteiger partial charge in [0.25, 0.3) is 0 Å². The van der Waals surface area contributed by atoms with Gasteiger partial charge in [0, 0.05) is 18.6 Å². The van der Waals surface area contributed by atoms with Crippen molar-refractivity contribution in [3.8, 4) is 0 Å². The SMILES string of the molecule is CC1CNC(=O)C(=O)N1C1CCC1. The van der Waals surface area contributed by atoms with Crippen LogP contribution in [-0.4, -0.2) is 35.3 Å². The Balaban J connectivity index is 2.11. The summed E-state index contributed by atoms with van der Waals surface area (Å²) < 4.78 is 0. The minimum atomic E-state index is -0.440. The Morgan fingerprint density at radius 1 is 1.38 bits per heavy atom. The molecule has 0 bridgehead atoms. The molecule has 1 heterocycles. The lowest BCUT2D eigenvalue weighted by Crippen LogP contribution is -2.61. The third kappa shape index (κ3) is 1.30. The Labute approximate surface area is 77.3 Å². The van der Waals surface area contributed by atoms with Gasteiger partial charge in [-0.15, -0.1) is 0 Å². The molecule has 2 rings (SSSR count). The third-order valence-electron chi connectivity index (χ3n) is 2.93. The van der Waals surface area contributed by atoms with Crippen LogP contribution in [0.15, 0.2) is 0 Å². The van der Waals surface area contributed by atoms with Crippen molar-refractivity contribution in [2.75, 3.05) is 6.54 Å². The van der Waals surface area contributed by atoms with Crippen LogP contribution in [0.3, 0.4) is 0 Å². The number of carbonyl (C=O) groups excluding carboxylic acids is 2. The smallest absolute Gasteiger partial charge is 0.312 e. The van der Waals surface area contributed by atoms with Gasteiger partial charge in [-0.25, -0.2) is 0 Å². The minimum absolute atomic E-state index is 0.162. The number of carbonyl (C=O) groups is 2. The molecular formula is C9H14N2O2. The van der Waals surface area contributed by atoms with Crippen LogP contribution in [0.2, 0.25) is 0 Å². The van der Waals surface area contributed by atoms with Crippen molar-refractivity contribution < 1.29 is 9.59 Å². The van der Waals surface area contributed by atoms with E-state index in [1.54, 1.807) is 4.90 Å². The van der Waals surface area contributed by atoms with Crippen LogP contribution in [-0.2, 0) is 9.59 Å². The van der Waals surface area contributed by atoms with E-state index in [9.17, 15) is 9.59 Å². The van der Waals surface area contributed by atoms with Gasteiger partial charge < -0.3 is 10.2 Å². The van der Waals surface area contributed by atoms with E-state index in [4.69, 9.17) is 0 Å². The van der Waals surface area contributed by atoms with Crippen LogP contribution in [0, 0.1) is 0 Å². The summed E-state index contributed by atoms with van der Waals surface area (Å²) in [6.07, 6.45) is 3.30. The predicted octanol–water partition coefficient (Wildman–Crippen LogP) is -0.114. The number of nitrogens with one attached hydrogen (secondary N) is 1. The monoisotopic (exact) mass is 182 g/mol. The molecule has 1 saturated heterocycles. The molecule has 2 aliphatic rings. The summed E-state index contributed by atoms with van der Waals surface area (Å²) in [6.45, 7) is 2.58. The van der Waals surface area contributed by atoms with Crippen LogP contribution in [0.1, 0.15) is 26.2 Å². The van der Waals surface area contributed by atoms with Crippen LogP contribution in [0.4, 0.5) is 0 Å². The van der Waals surface area contributed by atoms with Gasteiger partial charge in [0.1, 0.15) is 0 Å². The molecule has 1 aliphatic heterocycles. The highest BCUT2D eigenvalue weighted by Crippen LogP contribution is 2.27. The molecule has 2 amide bonds. The van der Waals surface area contributed by atoms with Crippen LogP contribution >= 0.6 is 0 Å². The minimum Gasteiger partial charge on any atom is -0.346 e. The highest BCUT2D eigenvalue weighted by atomic mass is 16.2. The second-order valence-corrected chi connectivity index (χ2v) is 3.86. The Morgan fingerprint density at radius 3 is 2.62 bits per heavy atom. The zero-order valence-electron chi connectivity index (χ0n) is 7.75. The standard InChI is InChI=1S/C9H14N2O2/c1-6-5-10-8(12)9(13)11(6)7-3-2-4-7/h6-7H,2-5H2,1H3,(H,10,12). The molecule has 4 heteroatoms. The first kappa shape index (κ1) is 8.53. The van der Waals surface area contributed by atoms with Gasteiger partial charge in [-0.1, -0.05) is 0 Å². The highest BCUT2D eigenvalue weighted by Gasteiger charge is 2.38. The second-order valence-electron chi connectivity index (χ2n) is 3.86. The van der Waals surface area contributed by atoms with Gasteiger partial charge >= 0.3 is 11.8 Å². The lowest BCUT2D eigenvalue weighted by molar-refractivity contribution is -0.153. The molecular weight excluding hydrogens is 168 g/mol. The third-order valence-corrected chi connectivity index (χ3v) is 2.93. The second kappa shape index (κ2) is 3.01. The highest BCUT2D eigenvalue weighted by molar-refractivity contribution is 6.35. The van der Waals surface area contributed by atoms with Crippen molar-refractivity contribution >= 4 is 11.8 Å². The van der Waals surface area contributed by atoms with Gasteiger partial charge in [-0.05, 0) is 26.2 Å². The van der Waals surface area contributed by atoms with Gasteiger partial charge in [-0.2, -0.15) is 0 Å². The van der Waals surface area contributed by atoms with Crippen LogP contribution in [0.5, 0.6) is 0 Å². The van der Waals surface area contributed by atoms with Gasteiger partial charge in [-0.3, -0.25) is 9.59 Å². The number of rotatable bonds is 1. The molecule has 2 fully saturated rings. The fraction of sp³-hybridized carbons (Fsp3) is 0.778. The molecule has 1 N–H and O–H groups in total. The van der Waals surface area contributed by atoms with Gasteiger partial charge in [0.2, 0.25) is 0 Å². The van der Waals surface area contributed by atoms with Crippen LogP contribution in [0.25, 0.3) is 0 Å². The van der Waals surface area contributed by atoms with E-state index in [1.165, 1.54) is 6.42 Å². The molecule has 4 nitrogen and oxygen atoms in total. The van der Waals surface area contributed by atoms with E-state index >= 15 is 0 Å². The number of hydrogen-bond donors (Lipinski definition) is 1. The summed E-state index contributed by atoms with van der Waals surface area (Å²) in [4.78, 5) is 24.3. The number of hydrogen-bond acceptors (Lipinski definition) is 2. The van der Waals surface area contributed by atoms with E-state index in [2.05, 4.69) is 5.32 Å². The zero-order chi connectivity index (χ0) is 9.42. The van der Waals surface area contributed by atoms with Crippen molar-refractivity contribution in [3.63, 3.8) is 0 Å². The van der Waals surface area contributed by atoms with Crippen molar-refractivity contribution in [2.45, 2.75) is 38.3 Å². The van der Waals surface area contributed by atoms with Crippen molar-refractivity contribution in [3.05, 3.63) is 0 Å². The molecule has 13 heavy (non-hydrogen) atoms. The first-order valence-corrected chi connectivity index (χ1v) is 4.80. The summed E-state index contributed by atoms with van der Waals surface area (Å²) in [7, 11) is 0. The van der Waals surface area contributed by atoms with Crippen molar-refractivity contribution in [1.29, 1.82) is 0 Å². The maximum Gasteiger partial charge on any atom is 0.312 e. The van der Waals surface area contributed by atoms with E-state index < -0.39 is 5.91 Å². The fourth-order valence-electron chi connectivity index (χ4n) is 1.92. The average Bonchev–Trinajstić information content (AvgIpc) is 2.02. The van der Waals surface area contributed by atoms with Crippen molar-refractivity contribution in [2.24, 2.45) is 0 Å². The number of nitrogens with zero attached hydrogens (tertiary/aromatic N) is 1. The quantitative estimate of drug-likeness (QED) is 0.575. The summed E-state index contributed by atoms with van der Waals surface area (Å²) in [5.74, 6) is -0.784. The van der Waals surface area contributed by atoms with Gasteiger partial charge in [0.05, 0.1) is 0 Å². The number of piperazine rings is 1. The molecule has 1 atom stereocenters. The maximum absolute atomic E-state index is 11.5. The summed E-state index contributed by atoms with van der Waals surface area (Å²) in [6, 6.07) is 0.490. The molecule has 1 aliphatic carbocycles. The lowest BCUT2D eigenvalue weighted by atomic mass is 9.89. The molecule has 0 aromatic carbocycles. The lowest BCUT2D eigenvalue weighted by Gasteiger charge is -2.43. The Morgan fingerprint density at radius 2 is 2.08 bits per heavy atom. The first-order chi connectivity index (χ1) is 6.20. The average molecular weight is 182 g/mol. The molecule has 0 aromatic rings. The summed E-state index contributed by atoms with van der Waals surface area (Å²) in [5.41, 5.74) is 0. The molecule has 72 valence electrons. The fourth-order valence-corrected chi connectivity index (χ4v) is 1.92. The summed E-state index contributed by atoms with van der Waals surface area (Å²) >= 11 is 0. The van der Waals surface area contributed by atoms with E-state index in [0.717, 1.165) is 12.8 Å². The Hall–Kier alpha value is -1.06. The molecule has 1 unspecified atom stereocenters. The Kier molecular flexibility index (Phi) is 1.98. The predicted molar refractivity (Wildman–Crippen MR) is 47.0 cm³/mol. The van der Waals surface area contributed by atoms with Crippen molar-refractivity contribution in [1.82, 2.24) is 10.2 Å². The topological polar surface area (TPSA) is 49.4 Å². The molecule has 0 aromatic heterocycles. The maximum atomic E-state index is 11.5. The molecule has 0 spiro atoms. The van der Waals surface area contributed by atoms with E-state index in [1.807, 2.05) is 6.92 Å². The largest absolute Gasteiger partial charge is 0.346 e. The van der Waals surface area contributed by atoms with E-state index in [-0.39, 0.29) is 11.9 Å². The molecule has 0 radical (unpaired) electrons. The normalized spacial score (nSPS) is 29.9.